The zero-order chi connectivity index (χ0) is 14.5. The summed E-state index contributed by atoms with van der Waals surface area (Å²) in [5, 5.41) is 11.8. The molecule has 0 rings (SSSR count). The first-order chi connectivity index (χ1) is 8.18. The highest BCUT2D eigenvalue weighted by Gasteiger charge is 2.24. The first kappa shape index (κ1) is 16.9. The third-order valence-corrected chi connectivity index (χ3v) is 2.81. The molecule has 0 heterocycles. The zero-order valence-corrected chi connectivity index (χ0v) is 12.2. The van der Waals surface area contributed by atoms with E-state index < -0.39 is 12.0 Å². The fraction of sp³-hybridized carbons (Fsp3) is 0.846. The van der Waals surface area contributed by atoms with Crippen LogP contribution in [0.1, 0.15) is 41.5 Å². The van der Waals surface area contributed by atoms with Crippen molar-refractivity contribution in [2.75, 3.05) is 6.54 Å². The summed E-state index contributed by atoms with van der Waals surface area (Å²) in [6.07, 6.45) is 0. The molecular weight excluding hydrogens is 232 g/mol. The smallest absolute Gasteiger partial charge is 0.320 e. The molecule has 5 heteroatoms. The average Bonchev–Trinajstić information content (AvgIpc) is 2.14. The Morgan fingerprint density at radius 1 is 1.06 bits per heavy atom. The third kappa shape index (κ3) is 5.04. The first-order valence-corrected chi connectivity index (χ1v) is 6.45. The van der Waals surface area contributed by atoms with Crippen molar-refractivity contribution in [3.63, 3.8) is 0 Å². The number of rotatable bonds is 7. The highest BCUT2D eigenvalue weighted by Crippen LogP contribution is 2.06. The normalized spacial score (nSPS) is 13.2. The van der Waals surface area contributed by atoms with Crippen LogP contribution in [0.4, 0.5) is 0 Å². The summed E-state index contributed by atoms with van der Waals surface area (Å²) in [4.78, 5) is 24.8. The maximum Gasteiger partial charge on any atom is 0.320 e. The minimum atomic E-state index is -0.918. The number of nitrogens with zero attached hydrogens (tertiary/aromatic N) is 1. The van der Waals surface area contributed by atoms with Crippen LogP contribution in [-0.2, 0) is 9.59 Å². The number of carboxylic acid groups (broad SMARTS) is 1. The van der Waals surface area contributed by atoms with E-state index >= 15 is 0 Å². The molecule has 0 aromatic heterocycles. The van der Waals surface area contributed by atoms with Gasteiger partial charge in [-0.25, -0.2) is 0 Å². The summed E-state index contributed by atoms with van der Waals surface area (Å²) in [6, 6.07) is -0.460. The Balaban J connectivity index is 4.51. The molecular formula is C13H26N2O3. The molecule has 0 radical (unpaired) electrons. The Morgan fingerprint density at radius 3 is 1.78 bits per heavy atom. The van der Waals surface area contributed by atoms with Crippen LogP contribution in [-0.4, -0.2) is 46.6 Å². The van der Waals surface area contributed by atoms with Gasteiger partial charge in [0.05, 0.1) is 6.54 Å². The third-order valence-electron chi connectivity index (χ3n) is 2.81. The molecule has 0 aliphatic heterocycles. The number of nitrogens with one attached hydrogen (secondary N) is 1. The van der Waals surface area contributed by atoms with Gasteiger partial charge in [-0.15, -0.1) is 0 Å². The van der Waals surface area contributed by atoms with Crippen molar-refractivity contribution >= 4 is 11.9 Å². The Bertz CT molecular complexity index is 280. The topological polar surface area (TPSA) is 69.6 Å². The number of aliphatic carboxylic acids is 1. The minimum Gasteiger partial charge on any atom is -0.480 e. The highest BCUT2D eigenvalue weighted by molar-refractivity contribution is 5.80. The largest absolute Gasteiger partial charge is 0.480 e. The number of amides is 1. The van der Waals surface area contributed by atoms with Crippen molar-refractivity contribution in [3.8, 4) is 0 Å². The second kappa shape index (κ2) is 7.36. The van der Waals surface area contributed by atoms with E-state index in [9.17, 15) is 9.59 Å². The van der Waals surface area contributed by atoms with Gasteiger partial charge < -0.3 is 10.0 Å². The van der Waals surface area contributed by atoms with Gasteiger partial charge in [-0.2, -0.15) is 0 Å². The molecule has 0 bridgehead atoms. The van der Waals surface area contributed by atoms with Crippen molar-refractivity contribution < 1.29 is 14.7 Å². The molecule has 0 fully saturated rings. The quantitative estimate of drug-likeness (QED) is 0.723. The van der Waals surface area contributed by atoms with Crippen molar-refractivity contribution in [1.82, 2.24) is 10.2 Å². The molecule has 0 aliphatic carbocycles. The molecule has 2 N–H and O–H groups in total. The maximum atomic E-state index is 12.0. The standard InChI is InChI=1S/C13H26N2O3/c1-8(2)12(13(17)18)14-7-11(16)15(9(3)4)10(5)6/h8-10,12,14H,7H2,1-6H3,(H,17,18). The molecule has 0 saturated carbocycles. The molecule has 0 aliphatic rings. The van der Waals surface area contributed by atoms with Gasteiger partial charge >= 0.3 is 5.97 Å². The summed E-state index contributed by atoms with van der Waals surface area (Å²) in [5.41, 5.74) is 0. The maximum absolute atomic E-state index is 12.0. The number of carbonyl (C=O) groups excluding carboxylic acids is 1. The lowest BCUT2D eigenvalue weighted by molar-refractivity contribution is -0.141. The number of carbonyl (C=O) groups is 2. The van der Waals surface area contributed by atoms with Gasteiger partial charge in [0, 0.05) is 12.1 Å². The Morgan fingerprint density at radius 2 is 1.50 bits per heavy atom. The van der Waals surface area contributed by atoms with Crippen LogP contribution in [0.25, 0.3) is 0 Å². The van der Waals surface area contributed by atoms with Crippen LogP contribution in [0.5, 0.6) is 0 Å². The van der Waals surface area contributed by atoms with Crippen LogP contribution in [0.3, 0.4) is 0 Å². The van der Waals surface area contributed by atoms with E-state index in [1.807, 2.05) is 41.5 Å². The number of carboxylic acids is 1. The second-order valence-corrected chi connectivity index (χ2v) is 5.43. The molecule has 0 saturated heterocycles. The monoisotopic (exact) mass is 258 g/mol. The van der Waals surface area contributed by atoms with E-state index in [2.05, 4.69) is 5.32 Å². The van der Waals surface area contributed by atoms with Crippen LogP contribution in [0.2, 0.25) is 0 Å². The molecule has 106 valence electrons. The van der Waals surface area contributed by atoms with Crippen molar-refractivity contribution in [2.45, 2.75) is 59.7 Å². The highest BCUT2D eigenvalue weighted by atomic mass is 16.4. The Labute approximate surface area is 110 Å². The molecule has 1 unspecified atom stereocenters. The van der Waals surface area contributed by atoms with Gasteiger partial charge in [0.25, 0.3) is 0 Å². The molecule has 18 heavy (non-hydrogen) atoms. The fourth-order valence-electron chi connectivity index (χ4n) is 2.07. The van der Waals surface area contributed by atoms with E-state index in [0.29, 0.717) is 0 Å². The lowest BCUT2D eigenvalue weighted by atomic mass is 10.0. The van der Waals surface area contributed by atoms with Gasteiger partial charge in [0.2, 0.25) is 5.91 Å². The average molecular weight is 258 g/mol. The predicted molar refractivity (Wildman–Crippen MR) is 71.4 cm³/mol. The van der Waals surface area contributed by atoms with Gasteiger partial charge in [-0.05, 0) is 33.6 Å². The zero-order valence-electron chi connectivity index (χ0n) is 12.2. The molecule has 1 atom stereocenters. The van der Waals surface area contributed by atoms with Gasteiger partial charge in [0.15, 0.2) is 0 Å². The van der Waals surface area contributed by atoms with Gasteiger partial charge in [-0.3, -0.25) is 14.9 Å². The fourth-order valence-corrected chi connectivity index (χ4v) is 2.07. The van der Waals surface area contributed by atoms with Crippen LogP contribution < -0.4 is 5.32 Å². The minimum absolute atomic E-state index is 0.0538. The Hall–Kier alpha value is -1.10. The van der Waals surface area contributed by atoms with Crippen molar-refractivity contribution in [1.29, 1.82) is 0 Å². The van der Waals surface area contributed by atoms with Crippen molar-refractivity contribution in [3.05, 3.63) is 0 Å². The second-order valence-electron chi connectivity index (χ2n) is 5.43. The van der Waals surface area contributed by atoms with Crippen molar-refractivity contribution in [2.24, 2.45) is 5.92 Å². The summed E-state index contributed by atoms with van der Waals surface area (Å²) in [7, 11) is 0. The van der Waals surface area contributed by atoms with Crippen LogP contribution in [0, 0.1) is 5.92 Å². The summed E-state index contributed by atoms with van der Waals surface area (Å²) < 4.78 is 0. The molecule has 5 nitrogen and oxygen atoms in total. The predicted octanol–water partition coefficient (Wildman–Crippen LogP) is 1.33. The van der Waals surface area contributed by atoms with E-state index in [1.165, 1.54) is 0 Å². The number of hydrogen-bond donors (Lipinski definition) is 2. The van der Waals surface area contributed by atoms with Gasteiger partial charge in [-0.1, -0.05) is 13.8 Å². The van der Waals surface area contributed by atoms with E-state index in [0.717, 1.165) is 0 Å². The first-order valence-electron chi connectivity index (χ1n) is 6.45. The van der Waals surface area contributed by atoms with E-state index in [4.69, 9.17) is 5.11 Å². The molecule has 0 aromatic carbocycles. The molecule has 0 spiro atoms. The molecule has 1 amide bonds. The molecule has 0 aromatic rings. The lowest BCUT2D eigenvalue weighted by Gasteiger charge is -2.31. The van der Waals surface area contributed by atoms with Crippen LogP contribution >= 0.6 is 0 Å². The van der Waals surface area contributed by atoms with Crippen LogP contribution in [0.15, 0.2) is 0 Å². The lowest BCUT2D eigenvalue weighted by Crippen LogP contribution is -2.50. The SMILES string of the molecule is CC(C)C(NCC(=O)N(C(C)C)C(C)C)C(=O)O. The van der Waals surface area contributed by atoms with E-state index in [-0.39, 0.29) is 30.5 Å². The summed E-state index contributed by atoms with van der Waals surface area (Å²) in [6.45, 7) is 11.5. The Kier molecular flexibility index (Phi) is 6.91. The number of hydrogen-bond acceptors (Lipinski definition) is 3. The van der Waals surface area contributed by atoms with E-state index in [1.54, 1.807) is 4.90 Å². The van der Waals surface area contributed by atoms with Gasteiger partial charge in [0.1, 0.15) is 6.04 Å². The summed E-state index contributed by atoms with van der Waals surface area (Å²) >= 11 is 0. The summed E-state index contributed by atoms with van der Waals surface area (Å²) in [5.74, 6) is -1.04.